The van der Waals surface area contributed by atoms with Crippen molar-refractivity contribution in [3.8, 4) is 11.4 Å². The maximum Gasteiger partial charge on any atom is 0.337 e. The number of nitrogens with zero attached hydrogens (tertiary/aromatic N) is 2. The Morgan fingerprint density at radius 1 is 1.07 bits per heavy atom. The van der Waals surface area contributed by atoms with E-state index < -0.39 is 0 Å². The number of amides is 1. The first-order valence-corrected chi connectivity index (χ1v) is 8.47. The average molecular weight is 365 g/mol. The van der Waals surface area contributed by atoms with E-state index in [4.69, 9.17) is 4.52 Å². The maximum atomic E-state index is 12.0. The number of rotatable bonds is 7. The molecule has 0 aliphatic heterocycles. The highest BCUT2D eigenvalue weighted by molar-refractivity contribution is 5.89. The summed E-state index contributed by atoms with van der Waals surface area (Å²) < 4.78 is 9.84. The number of carbonyl (C=O) groups excluding carboxylic acids is 2. The van der Waals surface area contributed by atoms with E-state index in [-0.39, 0.29) is 18.3 Å². The van der Waals surface area contributed by atoms with Crippen molar-refractivity contribution in [1.82, 2.24) is 15.5 Å². The predicted octanol–water partition coefficient (Wildman–Crippen LogP) is 2.77. The molecular formula is C20H19N3O4. The minimum absolute atomic E-state index is 0.119. The van der Waals surface area contributed by atoms with Gasteiger partial charge in [-0.15, -0.1) is 0 Å². The second-order valence-electron chi connectivity index (χ2n) is 5.84. The molecule has 27 heavy (non-hydrogen) atoms. The van der Waals surface area contributed by atoms with E-state index in [1.165, 1.54) is 7.11 Å². The molecule has 1 amide bonds. The van der Waals surface area contributed by atoms with Gasteiger partial charge in [-0.2, -0.15) is 4.98 Å². The molecule has 3 aromatic rings. The molecule has 1 aromatic heterocycles. The highest BCUT2D eigenvalue weighted by Gasteiger charge is 2.10. The standard InChI is InChI=1S/C20H19N3O4/c1-26-20(25)16-9-7-14(8-10-16)13-21-17(24)11-12-18-22-19(23-27-18)15-5-3-2-4-6-15/h2-10H,11-13H2,1H3,(H,21,24). The molecule has 0 radical (unpaired) electrons. The van der Waals surface area contributed by atoms with Crippen LogP contribution < -0.4 is 5.32 Å². The Balaban J connectivity index is 1.46. The normalized spacial score (nSPS) is 10.4. The minimum atomic E-state index is -0.389. The van der Waals surface area contributed by atoms with Crippen molar-refractivity contribution < 1.29 is 18.8 Å². The summed E-state index contributed by atoms with van der Waals surface area (Å²) in [6.07, 6.45) is 0.615. The van der Waals surface area contributed by atoms with Gasteiger partial charge in [0.1, 0.15) is 0 Å². The van der Waals surface area contributed by atoms with E-state index in [2.05, 4.69) is 20.2 Å². The fraction of sp³-hybridized carbons (Fsp3) is 0.200. The zero-order valence-electron chi connectivity index (χ0n) is 14.8. The summed E-state index contributed by atoms with van der Waals surface area (Å²) in [5.41, 5.74) is 2.23. The number of methoxy groups -OCH3 is 1. The van der Waals surface area contributed by atoms with Gasteiger partial charge in [-0.1, -0.05) is 47.6 Å². The van der Waals surface area contributed by atoms with Gasteiger partial charge in [0.05, 0.1) is 12.7 Å². The van der Waals surface area contributed by atoms with E-state index in [1.54, 1.807) is 24.3 Å². The summed E-state index contributed by atoms with van der Waals surface area (Å²) >= 11 is 0. The number of aromatic nitrogens is 2. The van der Waals surface area contributed by atoms with Crippen LogP contribution in [0.5, 0.6) is 0 Å². The van der Waals surface area contributed by atoms with Crippen LogP contribution in [0.4, 0.5) is 0 Å². The summed E-state index contributed by atoms with van der Waals surface area (Å²) in [6, 6.07) is 16.4. The summed E-state index contributed by atoms with van der Waals surface area (Å²) in [6.45, 7) is 0.374. The SMILES string of the molecule is COC(=O)c1ccc(CNC(=O)CCc2nc(-c3ccccc3)no2)cc1. The van der Waals surface area contributed by atoms with Gasteiger partial charge in [0.15, 0.2) is 0 Å². The molecule has 0 aliphatic rings. The van der Waals surface area contributed by atoms with Crippen molar-refractivity contribution in [2.75, 3.05) is 7.11 Å². The third kappa shape index (κ3) is 5.01. The van der Waals surface area contributed by atoms with Crippen LogP contribution >= 0.6 is 0 Å². The summed E-state index contributed by atoms with van der Waals surface area (Å²) in [5.74, 6) is 0.426. The molecule has 0 fully saturated rings. The lowest BCUT2D eigenvalue weighted by Gasteiger charge is -2.05. The third-order valence-corrected chi connectivity index (χ3v) is 3.93. The smallest absolute Gasteiger partial charge is 0.337 e. The van der Waals surface area contributed by atoms with Crippen molar-refractivity contribution >= 4 is 11.9 Å². The van der Waals surface area contributed by atoms with Crippen LogP contribution in [-0.2, 0) is 22.5 Å². The number of aryl methyl sites for hydroxylation is 1. The highest BCUT2D eigenvalue weighted by atomic mass is 16.5. The second kappa shape index (κ2) is 8.75. The van der Waals surface area contributed by atoms with Gasteiger partial charge < -0.3 is 14.6 Å². The third-order valence-electron chi connectivity index (χ3n) is 3.93. The lowest BCUT2D eigenvalue weighted by molar-refractivity contribution is -0.121. The quantitative estimate of drug-likeness (QED) is 0.647. The largest absolute Gasteiger partial charge is 0.465 e. The van der Waals surface area contributed by atoms with Crippen molar-refractivity contribution in [1.29, 1.82) is 0 Å². The molecular weight excluding hydrogens is 346 g/mol. The van der Waals surface area contributed by atoms with Crippen molar-refractivity contribution in [3.63, 3.8) is 0 Å². The zero-order valence-corrected chi connectivity index (χ0v) is 14.8. The Labute approximate surface area is 156 Å². The minimum Gasteiger partial charge on any atom is -0.465 e. The van der Waals surface area contributed by atoms with Crippen LogP contribution in [-0.4, -0.2) is 29.1 Å². The summed E-state index contributed by atoms with van der Waals surface area (Å²) in [4.78, 5) is 27.7. The Bertz CT molecular complexity index is 904. The second-order valence-corrected chi connectivity index (χ2v) is 5.84. The molecule has 0 bridgehead atoms. The van der Waals surface area contributed by atoms with E-state index in [1.807, 2.05) is 30.3 Å². The molecule has 138 valence electrons. The maximum absolute atomic E-state index is 12.0. The van der Waals surface area contributed by atoms with Crippen molar-refractivity contribution in [2.45, 2.75) is 19.4 Å². The van der Waals surface area contributed by atoms with Gasteiger partial charge in [0.2, 0.25) is 17.6 Å². The highest BCUT2D eigenvalue weighted by Crippen LogP contribution is 2.15. The molecule has 0 atom stereocenters. The van der Waals surface area contributed by atoms with E-state index in [9.17, 15) is 9.59 Å². The Morgan fingerprint density at radius 2 is 1.81 bits per heavy atom. The Kier molecular flexibility index (Phi) is 5.94. The molecule has 0 saturated heterocycles. The lowest BCUT2D eigenvalue weighted by atomic mass is 10.1. The van der Waals surface area contributed by atoms with Gasteiger partial charge >= 0.3 is 5.97 Å². The van der Waals surface area contributed by atoms with Gasteiger partial charge in [0, 0.05) is 24.9 Å². The van der Waals surface area contributed by atoms with E-state index in [0.29, 0.717) is 30.2 Å². The number of ether oxygens (including phenoxy) is 1. The number of esters is 1. The zero-order chi connectivity index (χ0) is 19.1. The number of hydrogen-bond acceptors (Lipinski definition) is 6. The number of nitrogens with one attached hydrogen (secondary N) is 1. The average Bonchev–Trinajstić information content (AvgIpc) is 3.20. The first kappa shape index (κ1) is 18.3. The molecule has 0 aliphatic carbocycles. The molecule has 7 nitrogen and oxygen atoms in total. The Hall–Kier alpha value is -3.48. The fourth-order valence-corrected chi connectivity index (χ4v) is 2.45. The first-order chi connectivity index (χ1) is 13.2. The van der Waals surface area contributed by atoms with Gasteiger partial charge in [-0.05, 0) is 17.7 Å². The molecule has 2 aromatic carbocycles. The monoisotopic (exact) mass is 365 g/mol. The van der Waals surface area contributed by atoms with Crippen LogP contribution in [0.25, 0.3) is 11.4 Å². The van der Waals surface area contributed by atoms with Crippen LogP contribution in [0.3, 0.4) is 0 Å². The molecule has 7 heteroatoms. The molecule has 3 rings (SSSR count). The van der Waals surface area contributed by atoms with Crippen LogP contribution in [0, 0.1) is 0 Å². The van der Waals surface area contributed by atoms with Gasteiger partial charge in [0.25, 0.3) is 0 Å². The molecule has 1 heterocycles. The molecule has 0 unspecified atom stereocenters. The Morgan fingerprint density at radius 3 is 2.52 bits per heavy atom. The summed E-state index contributed by atoms with van der Waals surface area (Å²) in [5, 5.41) is 6.76. The van der Waals surface area contributed by atoms with Crippen molar-refractivity contribution in [3.05, 3.63) is 71.6 Å². The van der Waals surface area contributed by atoms with Crippen LogP contribution in [0.1, 0.15) is 28.2 Å². The number of benzene rings is 2. The fourth-order valence-electron chi connectivity index (χ4n) is 2.45. The molecule has 0 spiro atoms. The number of carbonyl (C=O) groups is 2. The van der Waals surface area contributed by atoms with Gasteiger partial charge in [-0.3, -0.25) is 4.79 Å². The van der Waals surface area contributed by atoms with Crippen LogP contribution in [0.2, 0.25) is 0 Å². The topological polar surface area (TPSA) is 94.3 Å². The van der Waals surface area contributed by atoms with E-state index in [0.717, 1.165) is 11.1 Å². The number of hydrogen-bond donors (Lipinski definition) is 1. The predicted molar refractivity (Wildman–Crippen MR) is 97.7 cm³/mol. The molecule has 1 N–H and O–H groups in total. The van der Waals surface area contributed by atoms with Gasteiger partial charge in [-0.25, -0.2) is 4.79 Å². The first-order valence-electron chi connectivity index (χ1n) is 8.47. The van der Waals surface area contributed by atoms with Crippen LogP contribution in [0.15, 0.2) is 59.1 Å². The molecule has 0 saturated carbocycles. The summed E-state index contributed by atoms with van der Waals surface area (Å²) in [7, 11) is 1.34. The lowest BCUT2D eigenvalue weighted by Crippen LogP contribution is -2.23. The van der Waals surface area contributed by atoms with E-state index >= 15 is 0 Å². The van der Waals surface area contributed by atoms with Crippen molar-refractivity contribution in [2.24, 2.45) is 0 Å².